The summed E-state index contributed by atoms with van der Waals surface area (Å²) in [6.45, 7) is 9.42. The predicted octanol–water partition coefficient (Wildman–Crippen LogP) is 3.90. The van der Waals surface area contributed by atoms with Gasteiger partial charge in [-0.1, -0.05) is 25.1 Å². The highest BCUT2D eigenvalue weighted by atomic mass is 32.2. The van der Waals surface area contributed by atoms with Gasteiger partial charge >= 0.3 is 6.09 Å². The van der Waals surface area contributed by atoms with Gasteiger partial charge in [0.1, 0.15) is 5.60 Å². The van der Waals surface area contributed by atoms with Crippen LogP contribution in [0.15, 0.2) is 35.2 Å². The topological polar surface area (TPSA) is 38.3 Å². The Balaban J connectivity index is 2.39. The van der Waals surface area contributed by atoms with Crippen molar-refractivity contribution in [3.8, 4) is 0 Å². The Labute approximate surface area is 120 Å². The van der Waals surface area contributed by atoms with E-state index in [1.807, 2.05) is 39.0 Å². The van der Waals surface area contributed by atoms with Gasteiger partial charge in [0, 0.05) is 16.7 Å². The molecule has 0 heterocycles. The van der Waals surface area contributed by atoms with Gasteiger partial charge in [0.2, 0.25) is 0 Å². The van der Waals surface area contributed by atoms with E-state index in [4.69, 9.17) is 4.74 Å². The van der Waals surface area contributed by atoms with Crippen LogP contribution in [-0.4, -0.2) is 23.5 Å². The van der Waals surface area contributed by atoms with E-state index < -0.39 is 5.60 Å². The summed E-state index contributed by atoms with van der Waals surface area (Å²) in [5.41, 5.74) is -0.470. The molecule has 0 saturated carbocycles. The number of alkyl carbamates (subject to hydrolysis) is 1. The van der Waals surface area contributed by atoms with E-state index in [9.17, 15) is 4.79 Å². The summed E-state index contributed by atoms with van der Waals surface area (Å²) in [4.78, 5) is 12.9. The minimum atomic E-state index is -0.470. The molecule has 19 heavy (non-hydrogen) atoms. The van der Waals surface area contributed by atoms with Crippen molar-refractivity contribution >= 4 is 17.9 Å². The van der Waals surface area contributed by atoms with Crippen molar-refractivity contribution in [2.45, 2.75) is 43.7 Å². The monoisotopic (exact) mass is 280 g/mol. The van der Waals surface area contributed by atoms with E-state index >= 15 is 0 Å². The Morgan fingerprint density at radius 2 is 2.00 bits per heavy atom. The number of thioether (sulfide) groups is 1. The third-order valence-corrected chi connectivity index (χ3v) is 3.44. The van der Waals surface area contributed by atoms with Crippen LogP contribution in [0.3, 0.4) is 0 Å². The van der Waals surface area contributed by atoms with Crippen molar-refractivity contribution in [2.24, 2.45) is 0 Å². The maximum Gasteiger partial charge on any atom is 0.407 e. The van der Waals surface area contributed by atoms with Gasteiger partial charge in [-0.3, -0.25) is 0 Å². The molecule has 1 aromatic rings. The molecule has 1 radical (unpaired) electrons. The smallest absolute Gasteiger partial charge is 0.407 e. The molecular formula is C15H22NO2S. The zero-order valence-electron chi connectivity index (χ0n) is 11.8. The molecule has 0 saturated heterocycles. The van der Waals surface area contributed by atoms with E-state index in [2.05, 4.69) is 24.4 Å². The van der Waals surface area contributed by atoms with Gasteiger partial charge in [-0.25, -0.2) is 4.79 Å². The second-order valence-corrected chi connectivity index (χ2v) is 6.35. The largest absolute Gasteiger partial charge is 0.444 e. The highest BCUT2D eigenvalue weighted by Gasteiger charge is 2.18. The number of ether oxygens (including phenoxy) is 1. The Bertz CT molecular complexity index is 387. The molecule has 0 aliphatic heterocycles. The average Bonchev–Trinajstić information content (AvgIpc) is 2.33. The van der Waals surface area contributed by atoms with Crippen molar-refractivity contribution < 1.29 is 9.53 Å². The summed E-state index contributed by atoms with van der Waals surface area (Å²) in [5.74, 6) is 0.784. The molecule has 3 nitrogen and oxygen atoms in total. The Kier molecular flexibility index (Phi) is 6.22. The minimum absolute atomic E-state index is 0.0139. The van der Waals surface area contributed by atoms with Crippen LogP contribution in [0.25, 0.3) is 0 Å². The standard InChI is InChI=1S/C15H22NO2S/c1-5-12(16-14(17)18-15(2,3)4)11-19-13-9-7-6-8-10-13/h6-10,12H,1,5,11H2,2-4H3,(H,16,17)/t12-/m1/s1. The molecule has 1 atom stereocenters. The first kappa shape index (κ1) is 15.9. The molecule has 1 amide bonds. The van der Waals surface area contributed by atoms with E-state index in [0.717, 1.165) is 5.75 Å². The van der Waals surface area contributed by atoms with Gasteiger partial charge in [-0.05, 0) is 39.3 Å². The second kappa shape index (κ2) is 7.43. The molecule has 1 rings (SSSR count). The predicted molar refractivity (Wildman–Crippen MR) is 80.3 cm³/mol. The van der Waals surface area contributed by atoms with Gasteiger partial charge in [-0.2, -0.15) is 0 Å². The highest BCUT2D eigenvalue weighted by molar-refractivity contribution is 7.99. The third kappa shape index (κ3) is 7.11. The number of hydrogen-bond donors (Lipinski definition) is 1. The molecule has 1 aromatic carbocycles. The van der Waals surface area contributed by atoms with Crippen molar-refractivity contribution in [2.75, 3.05) is 5.75 Å². The van der Waals surface area contributed by atoms with Crippen LogP contribution >= 0.6 is 11.8 Å². The molecule has 105 valence electrons. The SMILES string of the molecule is [CH2]C[C@H](CSc1ccccc1)NC(=O)OC(C)(C)C. The molecule has 4 heteroatoms. The molecule has 1 N–H and O–H groups in total. The lowest BCUT2D eigenvalue weighted by atomic mass is 10.2. The Morgan fingerprint density at radius 3 is 2.53 bits per heavy atom. The van der Waals surface area contributed by atoms with Crippen molar-refractivity contribution in [3.63, 3.8) is 0 Å². The van der Waals surface area contributed by atoms with Gasteiger partial charge < -0.3 is 10.1 Å². The van der Waals surface area contributed by atoms with Crippen LogP contribution < -0.4 is 5.32 Å². The molecule has 0 aliphatic rings. The maximum absolute atomic E-state index is 11.7. The first-order chi connectivity index (χ1) is 8.90. The number of amides is 1. The second-order valence-electron chi connectivity index (χ2n) is 5.26. The average molecular weight is 280 g/mol. The number of rotatable bonds is 5. The van der Waals surface area contributed by atoms with Crippen LogP contribution in [0.4, 0.5) is 4.79 Å². The fraction of sp³-hybridized carbons (Fsp3) is 0.467. The van der Waals surface area contributed by atoms with Gasteiger partial charge in [0.25, 0.3) is 0 Å². The van der Waals surface area contributed by atoms with Crippen LogP contribution in [0.1, 0.15) is 27.2 Å². The summed E-state index contributed by atoms with van der Waals surface area (Å²) in [5, 5.41) is 2.85. The molecule has 0 fully saturated rings. The van der Waals surface area contributed by atoms with Crippen LogP contribution in [0.2, 0.25) is 0 Å². The van der Waals surface area contributed by atoms with Crippen LogP contribution in [0, 0.1) is 6.92 Å². The van der Waals surface area contributed by atoms with E-state index in [0.29, 0.717) is 6.42 Å². The lowest BCUT2D eigenvalue weighted by Crippen LogP contribution is -2.40. The van der Waals surface area contributed by atoms with Gasteiger partial charge in [0.05, 0.1) is 0 Å². The zero-order valence-corrected chi connectivity index (χ0v) is 12.6. The quantitative estimate of drug-likeness (QED) is 0.831. The molecule has 0 aromatic heterocycles. The summed E-state index contributed by atoms with van der Waals surface area (Å²) in [7, 11) is 0. The summed E-state index contributed by atoms with van der Waals surface area (Å²) >= 11 is 1.70. The van der Waals surface area contributed by atoms with Gasteiger partial charge in [0.15, 0.2) is 0 Å². The highest BCUT2D eigenvalue weighted by Crippen LogP contribution is 2.19. The molecule has 0 bridgehead atoms. The Hall–Kier alpha value is -1.16. The van der Waals surface area contributed by atoms with Crippen LogP contribution in [-0.2, 0) is 4.74 Å². The fourth-order valence-electron chi connectivity index (χ4n) is 1.38. The summed E-state index contributed by atoms with van der Waals surface area (Å²) < 4.78 is 5.23. The van der Waals surface area contributed by atoms with E-state index in [1.165, 1.54) is 4.90 Å². The first-order valence-corrected chi connectivity index (χ1v) is 7.36. The number of carbonyl (C=O) groups excluding carboxylic acids is 1. The number of nitrogens with one attached hydrogen (secondary N) is 1. The number of hydrogen-bond acceptors (Lipinski definition) is 3. The summed E-state index contributed by atoms with van der Waals surface area (Å²) in [6, 6.07) is 10.1. The fourth-order valence-corrected chi connectivity index (χ4v) is 2.38. The van der Waals surface area contributed by atoms with Crippen molar-refractivity contribution in [3.05, 3.63) is 37.3 Å². The maximum atomic E-state index is 11.7. The first-order valence-electron chi connectivity index (χ1n) is 6.37. The lowest BCUT2D eigenvalue weighted by Gasteiger charge is -2.22. The zero-order chi connectivity index (χ0) is 14.3. The molecule has 0 unspecified atom stereocenters. The van der Waals surface area contributed by atoms with Crippen LogP contribution in [0.5, 0.6) is 0 Å². The lowest BCUT2D eigenvalue weighted by molar-refractivity contribution is 0.0510. The normalized spacial score (nSPS) is 12.8. The van der Waals surface area contributed by atoms with Crippen molar-refractivity contribution in [1.29, 1.82) is 0 Å². The number of benzene rings is 1. The molecular weight excluding hydrogens is 258 g/mol. The molecule has 0 aliphatic carbocycles. The third-order valence-electron chi connectivity index (χ3n) is 2.26. The van der Waals surface area contributed by atoms with E-state index in [-0.39, 0.29) is 12.1 Å². The van der Waals surface area contributed by atoms with Crippen molar-refractivity contribution in [1.82, 2.24) is 5.32 Å². The van der Waals surface area contributed by atoms with Gasteiger partial charge in [-0.15, -0.1) is 11.8 Å². The van der Waals surface area contributed by atoms with E-state index in [1.54, 1.807) is 11.8 Å². The summed E-state index contributed by atoms with van der Waals surface area (Å²) in [6.07, 6.45) is 0.258. The number of carbonyl (C=O) groups is 1. The molecule has 0 spiro atoms. The Morgan fingerprint density at radius 1 is 1.37 bits per heavy atom. The minimum Gasteiger partial charge on any atom is -0.444 e.